The van der Waals surface area contributed by atoms with Crippen LogP contribution in [0, 0.1) is 0 Å². The second kappa shape index (κ2) is 5.20. The molecule has 1 unspecified atom stereocenters. The molecule has 0 spiro atoms. The molecule has 1 rings (SSSR count). The quantitative estimate of drug-likeness (QED) is 0.696. The zero-order valence-electron chi connectivity index (χ0n) is 8.68. The molecule has 0 radical (unpaired) electrons. The minimum atomic E-state index is -3.16. The Morgan fingerprint density at radius 3 is 2.87 bits per heavy atom. The van der Waals surface area contributed by atoms with Crippen molar-refractivity contribution >= 4 is 27.2 Å². The molecule has 0 aromatic carbocycles. The van der Waals surface area contributed by atoms with E-state index in [4.69, 9.17) is 22.7 Å². The Hall–Kier alpha value is -0.240. The van der Waals surface area contributed by atoms with Crippen molar-refractivity contribution in [3.05, 3.63) is 0 Å². The Kier molecular flexibility index (Phi) is 4.45. The van der Waals surface area contributed by atoms with Crippen LogP contribution in [-0.4, -0.2) is 49.3 Å². The van der Waals surface area contributed by atoms with Crippen molar-refractivity contribution in [3.63, 3.8) is 0 Å². The van der Waals surface area contributed by atoms with Crippen molar-refractivity contribution in [2.24, 2.45) is 5.73 Å². The maximum absolute atomic E-state index is 11.7. The van der Waals surface area contributed by atoms with Crippen molar-refractivity contribution in [3.8, 4) is 0 Å². The van der Waals surface area contributed by atoms with Crippen molar-refractivity contribution in [1.29, 1.82) is 0 Å². The van der Waals surface area contributed by atoms with Crippen LogP contribution in [0.15, 0.2) is 0 Å². The van der Waals surface area contributed by atoms with Gasteiger partial charge in [0.15, 0.2) is 0 Å². The Balaban J connectivity index is 2.67. The highest BCUT2D eigenvalue weighted by Gasteiger charge is 2.29. The van der Waals surface area contributed by atoms with E-state index in [1.807, 2.05) is 6.92 Å². The van der Waals surface area contributed by atoms with Gasteiger partial charge in [0.25, 0.3) is 0 Å². The summed E-state index contributed by atoms with van der Waals surface area (Å²) < 4.78 is 30.2. The van der Waals surface area contributed by atoms with Gasteiger partial charge >= 0.3 is 0 Å². The topological polar surface area (TPSA) is 72.6 Å². The lowest BCUT2D eigenvalue weighted by Gasteiger charge is -2.31. The summed E-state index contributed by atoms with van der Waals surface area (Å²) in [6.07, 6.45) is 0.164. The summed E-state index contributed by atoms with van der Waals surface area (Å²) >= 11 is 4.79. The van der Waals surface area contributed by atoms with Crippen LogP contribution in [0.4, 0.5) is 0 Å². The molecule has 1 aliphatic heterocycles. The van der Waals surface area contributed by atoms with Crippen LogP contribution >= 0.6 is 12.2 Å². The molecule has 2 N–H and O–H groups in total. The monoisotopic (exact) mass is 252 g/mol. The maximum Gasteiger partial charge on any atom is 0.214 e. The minimum absolute atomic E-state index is 0.164. The number of nitrogens with two attached hydrogens (primary N) is 1. The lowest BCUT2D eigenvalue weighted by atomic mass is 10.3. The van der Waals surface area contributed by atoms with Gasteiger partial charge in [-0.25, -0.2) is 8.42 Å². The normalized spacial score (nSPS) is 23.9. The van der Waals surface area contributed by atoms with Crippen molar-refractivity contribution in [2.75, 3.05) is 25.4 Å². The first-order chi connectivity index (χ1) is 6.97. The van der Waals surface area contributed by atoms with E-state index >= 15 is 0 Å². The van der Waals surface area contributed by atoms with Gasteiger partial charge in [0.2, 0.25) is 10.0 Å². The highest BCUT2D eigenvalue weighted by Crippen LogP contribution is 2.11. The van der Waals surface area contributed by atoms with E-state index in [1.54, 1.807) is 0 Å². The fraction of sp³-hybridized carbons (Fsp3) is 0.875. The molecule has 0 bridgehead atoms. The predicted octanol–water partition coefficient (Wildman–Crippen LogP) is -0.287. The van der Waals surface area contributed by atoms with Gasteiger partial charge in [-0.3, -0.25) is 0 Å². The average molecular weight is 252 g/mol. The van der Waals surface area contributed by atoms with Gasteiger partial charge in [-0.05, 0) is 6.42 Å². The number of morpholine rings is 1. The molecule has 0 saturated carbocycles. The molecule has 88 valence electrons. The third kappa shape index (κ3) is 3.37. The van der Waals surface area contributed by atoms with E-state index in [0.29, 0.717) is 19.6 Å². The lowest BCUT2D eigenvalue weighted by Crippen LogP contribution is -2.50. The predicted molar refractivity (Wildman–Crippen MR) is 62.2 cm³/mol. The van der Waals surface area contributed by atoms with E-state index in [2.05, 4.69) is 0 Å². The first-order valence-electron chi connectivity index (χ1n) is 4.86. The molecule has 0 aliphatic carbocycles. The first-order valence-corrected chi connectivity index (χ1v) is 6.88. The minimum Gasteiger partial charge on any atom is -0.391 e. The van der Waals surface area contributed by atoms with Crippen molar-refractivity contribution < 1.29 is 13.2 Å². The summed E-state index contributed by atoms with van der Waals surface area (Å²) in [5.74, 6) is 0.164. The third-order valence-corrected chi connectivity index (χ3v) is 4.51. The molecule has 0 aromatic heterocycles. The zero-order valence-corrected chi connectivity index (χ0v) is 10.3. The van der Waals surface area contributed by atoms with Gasteiger partial charge in [0, 0.05) is 13.1 Å². The summed E-state index contributed by atoms with van der Waals surface area (Å²) in [5, 5.41) is 0. The van der Waals surface area contributed by atoms with Crippen molar-refractivity contribution in [2.45, 2.75) is 19.4 Å². The van der Waals surface area contributed by atoms with Gasteiger partial charge in [-0.1, -0.05) is 19.1 Å². The zero-order chi connectivity index (χ0) is 11.5. The number of thiocarbonyl (C=S) groups is 1. The number of hydrogen-bond acceptors (Lipinski definition) is 4. The Morgan fingerprint density at radius 1 is 1.67 bits per heavy atom. The van der Waals surface area contributed by atoms with Gasteiger partial charge in [-0.15, -0.1) is 0 Å². The highest BCUT2D eigenvalue weighted by molar-refractivity contribution is 7.89. The maximum atomic E-state index is 11.7. The lowest BCUT2D eigenvalue weighted by molar-refractivity contribution is 0.0386. The molecule has 5 nitrogen and oxygen atoms in total. The Morgan fingerprint density at radius 2 is 2.33 bits per heavy atom. The molecule has 1 aliphatic rings. The van der Waals surface area contributed by atoms with Gasteiger partial charge < -0.3 is 10.5 Å². The molecule has 1 saturated heterocycles. The average Bonchev–Trinajstić information content (AvgIpc) is 2.18. The fourth-order valence-corrected chi connectivity index (χ4v) is 3.07. The molecule has 1 atom stereocenters. The van der Waals surface area contributed by atoms with Gasteiger partial charge in [-0.2, -0.15) is 4.31 Å². The summed E-state index contributed by atoms with van der Waals surface area (Å²) in [4.78, 5) is 0.214. The van der Waals surface area contributed by atoms with Gasteiger partial charge in [0.1, 0.15) is 11.1 Å². The van der Waals surface area contributed by atoms with Crippen LogP contribution in [0.5, 0.6) is 0 Å². The first kappa shape index (κ1) is 12.8. The molecule has 1 fully saturated rings. The summed E-state index contributed by atoms with van der Waals surface area (Å²) in [6, 6.07) is 0. The number of nitrogens with zero attached hydrogens (tertiary/aromatic N) is 1. The van der Waals surface area contributed by atoms with Crippen LogP contribution in [-0.2, 0) is 14.8 Å². The van der Waals surface area contributed by atoms with Crippen LogP contribution in [0.25, 0.3) is 0 Å². The molecule has 15 heavy (non-hydrogen) atoms. The van der Waals surface area contributed by atoms with Crippen LogP contribution in [0.1, 0.15) is 13.3 Å². The fourth-order valence-electron chi connectivity index (χ4n) is 1.44. The molecular weight excluding hydrogens is 236 g/mol. The highest BCUT2D eigenvalue weighted by atomic mass is 32.2. The molecule has 1 heterocycles. The van der Waals surface area contributed by atoms with E-state index in [1.165, 1.54) is 4.31 Å². The Labute approximate surface area is 95.6 Å². The Bertz CT molecular complexity index is 329. The number of rotatable bonds is 4. The van der Waals surface area contributed by atoms with Crippen molar-refractivity contribution in [1.82, 2.24) is 4.31 Å². The molecule has 0 amide bonds. The second-order valence-corrected chi connectivity index (χ2v) is 6.00. The number of sulfonamides is 1. The molecule has 0 aromatic rings. The van der Waals surface area contributed by atoms with E-state index in [0.717, 1.165) is 0 Å². The number of ether oxygens (including phenoxy) is 1. The smallest absolute Gasteiger partial charge is 0.214 e. The second-order valence-electron chi connectivity index (χ2n) is 3.44. The standard InChI is InChI=1S/C8H16N2O3S2/c1-2-5-15(11,12)10-3-4-13-7(6-10)8(9)14/h7H,2-6H2,1H3,(H2,9,14). The van der Waals surface area contributed by atoms with Crippen LogP contribution in [0.2, 0.25) is 0 Å². The van der Waals surface area contributed by atoms with E-state index in [-0.39, 0.29) is 17.3 Å². The molecular formula is C8H16N2O3S2. The number of hydrogen-bond donors (Lipinski definition) is 1. The van der Waals surface area contributed by atoms with E-state index in [9.17, 15) is 8.42 Å². The SMILES string of the molecule is CCCS(=O)(=O)N1CCOC(C(N)=S)C1. The van der Waals surface area contributed by atoms with Crippen LogP contribution in [0.3, 0.4) is 0 Å². The third-order valence-electron chi connectivity index (χ3n) is 2.20. The van der Waals surface area contributed by atoms with E-state index < -0.39 is 16.1 Å². The van der Waals surface area contributed by atoms with Gasteiger partial charge in [0.05, 0.1) is 12.4 Å². The largest absolute Gasteiger partial charge is 0.391 e. The summed E-state index contributed by atoms with van der Waals surface area (Å²) in [5.41, 5.74) is 5.43. The summed E-state index contributed by atoms with van der Waals surface area (Å²) in [7, 11) is -3.16. The van der Waals surface area contributed by atoms with Crippen LogP contribution < -0.4 is 5.73 Å². The molecule has 7 heteroatoms. The summed E-state index contributed by atoms with van der Waals surface area (Å²) in [6.45, 7) is 2.83.